The van der Waals surface area contributed by atoms with E-state index in [2.05, 4.69) is 10.3 Å². The molecule has 25 heavy (non-hydrogen) atoms. The van der Waals surface area contributed by atoms with Crippen LogP contribution in [0, 0.1) is 0 Å². The highest BCUT2D eigenvalue weighted by atomic mass is 16.6. The van der Waals surface area contributed by atoms with Crippen molar-refractivity contribution < 1.29 is 14.3 Å². The van der Waals surface area contributed by atoms with Crippen molar-refractivity contribution in [2.75, 3.05) is 19.7 Å². The second-order valence-electron chi connectivity index (χ2n) is 5.96. The van der Waals surface area contributed by atoms with Crippen LogP contribution >= 0.6 is 0 Å². The number of ether oxygens (including phenoxy) is 2. The van der Waals surface area contributed by atoms with E-state index in [0.717, 1.165) is 17.2 Å². The van der Waals surface area contributed by atoms with E-state index in [4.69, 9.17) is 9.47 Å². The van der Waals surface area contributed by atoms with Crippen molar-refractivity contribution in [1.29, 1.82) is 0 Å². The number of para-hydroxylation sites is 2. The summed E-state index contributed by atoms with van der Waals surface area (Å²) in [7, 11) is 0. The molecule has 0 spiro atoms. The highest BCUT2D eigenvalue weighted by Crippen LogP contribution is 2.31. The Hall–Kier alpha value is -2.76. The molecule has 0 aliphatic carbocycles. The zero-order valence-corrected chi connectivity index (χ0v) is 14.5. The van der Waals surface area contributed by atoms with Crippen molar-refractivity contribution in [2.45, 2.75) is 26.0 Å². The van der Waals surface area contributed by atoms with Crippen LogP contribution in [-0.2, 0) is 0 Å². The Kier molecular flexibility index (Phi) is 5.38. The van der Waals surface area contributed by atoms with Crippen LogP contribution in [0.15, 0.2) is 48.7 Å². The molecule has 3 rings (SSSR count). The minimum Gasteiger partial charge on any atom is -0.486 e. The molecule has 2 heterocycles. The number of amides is 2. The fraction of sp³-hybridized carbons (Fsp3) is 0.368. The summed E-state index contributed by atoms with van der Waals surface area (Å²) in [6.07, 6.45) is 1.53. The van der Waals surface area contributed by atoms with E-state index in [1.165, 1.54) is 0 Å². The summed E-state index contributed by atoms with van der Waals surface area (Å²) >= 11 is 0. The maximum absolute atomic E-state index is 12.6. The van der Waals surface area contributed by atoms with Gasteiger partial charge in [0.1, 0.15) is 6.61 Å². The molecule has 6 heteroatoms. The zero-order valence-electron chi connectivity index (χ0n) is 14.5. The Morgan fingerprint density at radius 2 is 2.04 bits per heavy atom. The number of fused-ring (bicyclic) bond motifs is 1. The Labute approximate surface area is 147 Å². The molecule has 0 fully saturated rings. The summed E-state index contributed by atoms with van der Waals surface area (Å²) < 4.78 is 11.7. The first-order valence-corrected chi connectivity index (χ1v) is 8.52. The number of carbonyl (C=O) groups is 1. The molecule has 1 aromatic carbocycles. The number of urea groups is 1. The molecule has 0 saturated heterocycles. The third-order valence-corrected chi connectivity index (χ3v) is 4.13. The number of rotatable bonds is 5. The molecule has 0 radical (unpaired) electrons. The summed E-state index contributed by atoms with van der Waals surface area (Å²) in [6, 6.07) is 12.9. The largest absolute Gasteiger partial charge is 0.486 e. The lowest BCUT2D eigenvalue weighted by atomic mass is 10.2. The number of carbonyl (C=O) groups excluding carboxylic acids is 1. The molecule has 1 aliphatic rings. The van der Waals surface area contributed by atoms with Crippen LogP contribution < -0.4 is 14.8 Å². The van der Waals surface area contributed by atoms with Crippen LogP contribution in [0.3, 0.4) is 0 Å². The third kappa shape index (κ3) is 4.21. The van der Waals surface area contributed by atoms with E-state index in [9.17, 15) is 4.79 Å². The molecular weight excluding hydrogens is 318 g/mol. The number of aromatic nitrogens is 1. The zero-order chi connectivity index (χ0) is 17.6. The van der Waals surface area contributed by atoms with Gasteiger partial charge in [-0.1, -0.05) is 18.2 Å². The summed E-state index contributed by atoms with van der Waals surface area (Å²) in [5, 5.41) is 2.98. The highest BCUT2D eigenvalue weighted by molar-refractivity contribution is 5.74. The number of benzene rings is 1. The van der Waals surface area contributed by atoms with Gasteiger partial charge in [-0.25, -0.2) is 4.79 Å². The molecule has 0 bridgehead atoms. The average molecular weight is 341 g/mol. The maximum atomic E-state index is 12.6. The second-order valence-corrected chi connectivity index (χ2v) is 5.96. The van der Waals surface area contributed by atoms with Crippen LogP contribution in [0.1, 0.15) is 25.6 Å². The lowest BCUT2D eigenvalue weighted by molar-refractivity contribution is 0.0672. The lowest BCUT2D eigenvalue weighted by Crippen LogP contribution is -2.47. The van der Waals surface area contributed by atoms with Gasteiger partial charge in [0.05, 0.1) is 18.3 Å². The first-order chi connectivity index (χ1) is 12.2. The predicted molar refractivity (Wildman–Crippen MR) is 94.8 cm³/mol. The van der Waals surface area contributed by atoms with Gasteiger partial charge in [0.25, 0.3) is 0 Å². The predicted octanol–water partition coefficient (Wildman–Crippen LogP) is 3.01. The average Bonchev–Trinajstić information content (AvgIpc) is 2.66. The summed E-state index contributed by atoms with van der Waals surface area (Å²) in [6.45, 7) is 5.34. The van der Waals surface area contributed by atoms with E-state index in [1.807, 2.05) is 56.3 Å². The minimum absolute atomic E-state index is 0.136. The normalized spacial score (nSPS) is 16.8. The number of likely N-dealkylation sites (N-methyl/N-ethyl adjacent to an activating group) is 1. The maximum Gasteiger partial charge on any atom is 0.318 e. The molecule has 132 valence electrons. The summed E-state index contributed by atoms with van der Waals surface area (Å²) in [4.78, 5) is 18.6. The van der Waals surface area contributed by atoms with E-state index >= 15 is 0 Å². The smallest absolute Gasteiger partial charge is 0.318 e. The SMILES string of the molecule is CCN(C[C@@H]1COc2ccccc2O1)C(=O)N[C@@H](C)c1ccccn1. The minimum atomic E-state index is -0.189. The van der Waals surface area contributed by atoms with Gasteiger partial charge in [-0.15, -0.1) is 0 Å². The van der Waals surface area contributed by atoms with E-state index in [1.54, 1.807) is 11.1 Å². The fourth-order valence-electron chi connectivity index (χ4n) is 2.74. The highest BCUT2D eigenvalue weighted by Gasteiger charge is 2.25. The molecule has 1 N–H and O–H groups in total. The first-order valence-electron chi connectivity index (χ1n) is 8.52. The van der Waals surface area contributed by atoms with Gasteiger partial charge >= 0.3 is 6.03 Å². The van der Waals surface area contributed by atoms with Crippen LogP contribution in [0.5, 0.6) is 11.5 Å². The Bertz CT molecular complexity index is 708. The van der Waals surface area contributed by atoms with Gasteiger partial charge in [-0.3, -0.25) is 4.98 Å². The van der Waals surface area contributed by atoms with Gasteiger partial charge < -0.3 is 19.7 Å². The molecule has 6 nitrogen and oxygen atoms in total. The van der Waals surface area contributed by atoms with Crippen molar-refractivity contribution in [3.63, 3.8) is 0 Å². The Morgan fingerprint density at radius 1 is 1.28 bits per heavy atom. The third-order valence-electron chi connectivity index (χ3n) is 4.13. The van der Waals surface area contributed by atoms with Gasteiger partial charge in [0.15, 0.2) is 17.6 Å². The van der Waals surface area contributed by atoms with Crippen molar-refractivity contribution in [3.05, 3.63) is 54.4 Å². The standard InChI is InChI=1S/C19H23N3O3/c1-3-22(19(23)21-14(2)16-8-6-7-11-20-16)12-15-13-24-17-9-4-5-10-18(17)25-15/h4-11,14-15H,3,12-13H2,1-2H3,(H,21,23)/t14-,15+/m0/s1. The number of nitrogens with zero attached hydrogens (tertiary/aromatic N) is 2. The van der Waals surface area contributed by atoms with Crippen molar-refractivity contribution in [2.24, 2.45) is 0 Å². The lowest BCUT2D eigenvalue weighted by Gasteiger charge is -2.31. The van der Waals surface area contributed by atoms with Gasteiger partial charge in [0.2, 0.25) is 0 Å². The Morgan fingerprint density at radius 3 is 2.76 bits per heavy atom. The number of nitrogens with one attached hydrogen (secondary N) is 1. The van der Waals surface area contributed by atoms with Gasteiger partial charge in [0, 0.05) is 12.7 Å². The van der Waals surface area contributed by atoms with E-state index in [0.29, 0.717) is 19.7 Å². The van der Waals surface area contributed by atoms with E-state index < -0.39 is 0 Å². The van der Waals surface area contributed by atoms with Crippen molar-refractivity contribution in [1.82, 2.24) is 15.2 Å². The summed E-state index contributed by atoms with van der Waals surface area (Å²) in [5.41, 5.74) is 0.832. The first kappa shape index (κ1) is 17.1. The van der Waals surface area contributed by atoms with Gasteiger partial charge in [-0.05, 0) is 38.1 Å². The number of hydrogen-bond acceptors (Lipinski definition) is 4. The van der Waals surface area contributed by atoms with E-state index in [-0.39, 0.29) is 18.2 Å². The van der Waals surface area contributed by atoms with Crippen molar-refractivity contribution >= 4 is 6.03 Å². The van der Waals surface area contributed by atoms with Gasteiger partial charge in [-0.2, -0.15) is 0 Å². The number of pyridine rings is 1. The van der Waals surface area contributed by atoms with Crippen LogP contribution in [-0.4, -0.2) is 41.7 Å². The monoisotopic (exact) mass is 341 g/mol. The van der Waals surface area contributed by atoms with Crippen molar-refractivity contribution in [3.8, 4) is 11.5 Å². The molecular formula is C19H23N3O3. The fourth-order valence-corrected chi connectivity index (χ4v) is 2.74. The van der Waals surface area contributed by atoms with Crippen LogP contribution in [0.25, 0.3) is 0 Å². The Balaban J connectivity index is 1.58. The molecule has 0 saturated carbocycles. The second kappa shape index (κ2) is 7.88. The van der Waals surface area contributed by atoms with Crippen LogP contribution in [0.2, 0.25) is 0 Å². The summed E-state index contributed by atoms with van der Waals surface area (Å²) in [5.74, 6) is 1.46. The molecule has 0 unspecified atom stereocenters. The number of hydrogen-bond donors (Lipinski definition) is 1. The molecule has 2 aromatic rings. The topological polar surface area (TPSA) is 63.7 Å². The molecule has 2 amide bonds. The molecule has 2 atom stereocenters. The molecule has 1 aliphatic heterocycles. The van der Waals surface area contributed by atoms with Crippen LogP contribution in [0.4, 0.5) is 4.79 Å². The molecule has 1 aromatic heterocycles. The quantitative estimate of drug-likeness (QED) is 0.908.